The van der Waals surface area contributed by atoms with Crippen LogP contribution < -0.4 is 10.1 Å². The molecule has 170 valence electrons. The summed E-state index contributed by atoms with van der Waals surface area (Å²) < 4.78 is 5.45. The lowest BCUT2D eigenvalue weighted by Gasteiger charge is -2.27. The number of ether oxygens (including phenoxy) is 1. The third-order valence-corrected chi connectivity index (χ3v) is 7.05. The number of thioether (sulfide) groups is 1. The Labute approximate surface area is 189 Å². The number of carbonyl (C=O) groups is 3. The molecule has 7 heteroatoms. The summed E-state index contributed by atoms with van der Waals surface area (Å²) >= 11 is 1.60. The second kappa shape index (κ2) is 9.63. The summed E-state index contributed by atoms with van der Waals surface area (Å²) in [5.41, 5.74) is 1.52. The van der Waals surface area contributed by atoms with Gasteiger partial charge in [-0.3, -0.25) is 19.3 Å². The summed E-state index contributed by atoms with van der Waals surface area (Å²) in [5.74, 6) is 0.0345. The summed E-state index contributed by atoms with van der Waals surface area (Å²) in [6, 6.07) is 4.93. The first kappa shape index (κ1) is 23.6. The number of nitrogens with zero attached hydrogens (tertiary/aromatic N) is 1. The van der Waals surface area contributed by atoms with E-state index in [1.54, 1.807) is 18.9 Å². The normalized spacial score (nSPS) is 22.3. The molecule has 3 atom stereocenters. The monoisotopic (exact) mass is 446 g/mol. The van der Waals surface area contributed by atoms with Gasteiger partial charge in [0.05, 0.1) is 24.6 Å². The fraction of sp³-hybridized carbons (Fsp3) is 0.625. The van der Waals surface area contributed by atoms with Crippen molar-refractivity contribution in [2.75, 3.05) is 24.4 Å². The summed E-state index contributed by atoms with van der Waals surface area (Å²) in [7, 11) is 1.56. The Morgan fingerprint density at radius 2 is 1.81 bits per heavy atom. The van der Waals surface area contributed by atoms with E-state index >= 15 is 0 Å². The highest BCUT2D eigenvalue weighted by molar-refractivity contribution is 7.98. The highest BCUT2D eigenvalue weighted by atomic mass is 32.2. The molecule has 3 rings (SSSR count). The summed E-state index contributed by atoms with van der Waals surface area (Å²) in [6.45, 7) is 6.31. The Morgan fingerprint density at radius 1 is 1.19 bits per heavy atom. The number of carbonyl (C=O) groups excluding carboxylic acids is 3. The van der Waals surface area contributed by atoms with Crippen LogP contribution in [0.25, 0.3) is 0 Å². The smallest absolute Gasteiger partial charge is 0.247 e. The van der Waals surface area contributed by atoms with Crippen molar-refractivity contribution in [1.82, 2.24) is 4.90 Å². The van der Waals surface area contributed by atoms with Crippen LogP contribution in [0.2, 0.25) is 0 Å². The lowest BCUT2D eigenvalue weighted by molar-refractivity contribution is -0.146. The largest absolute Gasteiger partial charge is 0.495 e. The maximum atomic E-state index is 13.4. The summed E-state index contributed by atoms with van der Waals surface area (Å²) in [4.78, 5) is 40.9. The van der Waals surface area contributed by atoms with Crippen molar-refractivity contribution < 1.29 is 19.1 Å². The Hall–Kier alpha value is -2.02. The van der Waals surface area contributed by atoms with Gasteiger partial charge >= 0.3 is 0 Å². The van der Waals surface area contributed by atoms with E-state index in [2.05, 4.69) is 26.1 Å². The molecule has 0 bridgehead atoms. The van der Waals surface area contributed by atoms with Crippen LogP contribution in [-0.2, 0) is 19.8 Å². The molecule has 1 aliphatic heterocycles. The van der Waals surface area contributed by atoms with Crippen molar-refractivity contribution in [3.05, 3.63) is 23.8 Å². The molecule has 1 saturated carbocycles. The zero-order valence-electron chi connectivity index (χ0n) is 19.2. The number of amides is 3. The van der Waals surface area contributed by atoms with Gasteiger partial charge in [-0.25, -0.2) is 0 Å². The van der Waals surface area contributed by atoms with Crippen LogP contribution in [0.3, 0.4) is 0 Å². The van der Waals surface area contributed by atoms with Gasteiger partial charge in [-0.05, 0) is 54.4 Å². The van der Waals surface area contributed by atoms with E-state index in [0.717, 1.165) is 31.2 Å². The van der Waals surface area contributed by atoms with Gasteiger partial charge in [-0.15, -0.1) is 0 Å². The van der Waals surface area contributed by atoms with Crippen LogP contribution in [0, 0.1) is 11.8 Å². The zero-order valence-corrected chi connectivity index (χ0v) is 20.0. The lowest BCUT2D eigenvalue weighted by atomic mass is 9.81. The molecule has 1 heterocycles. The Bertz CT molecular complexity index is 824. The third-order valence-electron chi connectivity index (χ3n) is 6.41. The van der Waals surface area contributed by atoms with Crippen LogP contribution in [0.15, 0.2) is 18.2 Å². The standard InChI is InChI=1S/C24H34N2O4S/c1-24(2,3)15-10-11-20(30-4)18(14-15)25-21(27)19(12-13-31-5)26-22(28)16-8-6-7-9-17(16)23(26)29/h10-11,14,16-17,19H,6-9,12-13H2,1-5H3,(H,25,27)/t16-,17-,19+/m1/s1. The molecule has 1 N–H and O–H groups in total. The van der Waals surface area contributed by atoms with E-state index in [1.807, 2.05) is 24.5 Å². The van der Waals surface area contributed by atoms with Gasteiger partial charge in [0, 0.05) is 0 Å². The fourth-order valence-electron chi connectivity index (χ4n) is 4.59. The number of hydrogen-bond donors (Lipinski definition) is 1. The van der Waals surface area contributed by atoms with E-state index in [-0.39, 0.29) is 35.0 Å². The van der Waals surface area contributed by atoms with E-state index in [0.29, 0.717) is 23.6 Å². The van der Waals surface area contributed by atoms with Crippen molar-refractivity contribution in [2.24, 2.45) is 11.8 Å². The van der Waals surface area contributed by atoms with Gasteiger partial charge in [0.15, 0.2) is 0 Å². The molecule has 0 aromatic heterocycles. The molecule has 6 nitrogen and oxygen atoms in total. The van der Waals surface area contributed by atoms with Gasteiger partial charge in [0.1, 0.15) is 11.8 Å². The minimum absolute atomic E-state index is 0.0966. The number of benzene rings is 1. The van der Waals surface area contributed by atoms with Crippen LogP contribution in [0.1, 0.15) is 58.4 Å². The minimum Gasteiger partial charge on any atom is -0.495 e. The van der Waals surface area contributed by atoms with Gasteiger partial charge < -0.3 is 10.1 Å². The zero-order chi connectivity index (χ0) is 22.8. The molecule has 1 saturated heterocycles. The predicted octanol–water partition coefficient (Wildman–Crippen LogP) is 4.23. The van der Waals surface area contributed by atoms with Gasteiger partial charge in [0.25, 0.3) is 0 Å². The van der Waals surface area contributed by atoms with Crippen molar-refractivity contribution >= 4 is 35.2 Å². The topological polar surface area (TPSA) is 75.7 Å². The number of likely N-dealkylation sites (tertiary alicyclic amines) is 1. The van der Waals surface area contributed by atoms with Crippen molar-refractivity contribution in [3.8, 4) is 5.75 Å². The second-order valence-corrected chi connectivity index (χ2v) is 10.5. The highest BCUT2D eigenvalue weighted by Gasteiger charge is 2.51. The molecular weight excluding hydrogens is 412 g/mol. The SMILES string of the molecule is COc1ccc(C(C)(C)C)cc1NC(=O)[C@H](CCSC)N1C(=O)[C@@H]2CCCC[C@H]2C1=O. The Balaban J connectivity index is 1.89. The van der Waals surface area contributed by atoms with E-state index < -0.39 is 6.04 Å². The predicted molar refractivity (Wildman–Crippen MR) is 124 cm³/mol. The molecule has 0 radical (unpaired) electrons. The highest BCUT2D eigenvalue weighted by Crippen LogP contribution is 2.40. The van der Waals surface area contributed by atoms with Crippen LogP contribution in [0.5, 0.6) is 5.75 Å². The molecule has 1 aromatic carbocycles. The average molecular weight is 447 g/mol. The molecule has 2 fully saturated rings. The molecule has 0 unspecified atom stereocenters. The lowest BCUT2D eigenvalue weighted by Crippen LogP contribution is -2.48. The first-order valence-corrected chi connectivity index (χ1v) is 12.4. The first-order chi connectivity index (χ1) is 14.7. The van der Waals surface area contributed by atoms with Crippen LogP contribution in [-0.4, -0.2) is 47.8 Å². The molecule has 1 aliphatic carbocycles. The number of anilines is 1. The van der Waals surface area contributed by atoms with Gasteiger partial charge in [0.2, 0.25) is 17.7 Å². The Morgan fingerprint density at radius 3 is 2.32 bits per heavy atom. The number of fused-ring (bicyclic) bond motifs is 1. The van der Waals surface area contributed by atoms with Crippen molar-refractivity contribution in [3.63, 3.8) is 0 Å². The van der Waals surface area contributed by atoms with E-state index in [1.165, 1.54) is 4.90 Å². The molecule has 0 spiro atoms. The third kappa shape index (κ3) is 4.92. The Kier molecular flexibility index (Phi) is 7.35. The summed E-state index contributed by atoms with van der Waals surface area (Å²) in [6.07, 6.45) is 5.80. The van der Waals surface area contributed by atoms with Gasteiger partial charge in [-0.2, -0.15) is 11.8 Å². The quantitative estimate of drug-likeness (QED) is 0.635. The average Bonchev–Trinajstić information content (AvgIpc) is 2.99. The van der Waals surface area contributed by atoms with Gasteiger partial charge in [-0.1, -0.05) is 39.7 Å². The summed E-state index contributed by atoms with van der Waals surface area (Å²) in [5, 5.41) is 2.96. The number of nitrogens with one attached hydrogen (secondary N) is 1. The molecule has 3 amide bonds. The molecule has 1 aromatic rings. The van der Waals surface area contributed by atoms with E-state index in [4.69, 9.17) is 4.74 Å². The fourth-order valence-corrected chi connectivity index (χ4v) is 5.05. The number of methoxy groups -OCH3 is 1. The minimum atomic E-state index is -0.805. The molecular formula is C24H34N2O4S. The van der Waals surface area contributed by atoms with Crippen molar-refractivity contribution in [2.45, 2.75) is 64.3 Å². The second-order valence-electron chi connectivity index (χ2n) is 9.50. The molecule has 31 heavy (non-hydrogen) atoms. The molecule has 2 aliphatic rings. The number of imide groups is 1. The first-order valence-electron chi connectivity index (χ1n) is 11.0. The van der Waals surface area contributed by atoms with Crippen LogP contribution in [0.4, 0.5) is 5.69 Å². The number of hydrogen-bond acceptors (Lipinski definition) is 5. The van der Waals surface area contributed by atoms with Crippen molar-refractivity contribution in [1.29, 1.82) is 0 Å². The number of rotatable bonds is 7. The maximum absolute atomic E-state index is 13.4. The van der Waals surface area contributed by atoms with Crippen LogP contribution >= 0.6 is 11.8 Å². The maximum Gasteiger partial charge on any atom is 0.247 e. The van der Waals surface area contributed by atoms with E-state index in [9.17, 15) is 14.4 Å².